The van der Waals surface area contributed by atoms with Gasteiger partial charge < -0.3 is 9.32 Å². The van der Waals surface area contributed by atoms with Crippen LogP contribution in [0.5, 0.6) is 0 Å². The van der Waals surface area contributed by atoms with Gasteiger partial charge in [-0.2, -0.15) is 0 Å². The molecule has 0 saturated heterocycles. The molecular weight excluding hydrogens is 735 g/mol. The summed E-state index contributed by atoms with van der Waals surface area (Å²) >= 11 is 1.86. The lowest BCUT2D eigenvalue weighted by Crippen LogP contribution is -2.25. The van der Waals surface area contributed by atoms with Gasteiger partial charge in [0.05, 0.1) is 16.5 Å². The van der Waals surface area contributed by atoms with Crippen LogP contribution in [0.15, 0.2) is 168 Å². The molecule has 3 aliphatic rings. The maximum atomic E-state index is 6.84. The van der Waals surface area contributed by atoms with Gasteiger partial charge in [0.25, 0.3) is 0 Å². The number of benzene rings is 8. The zero-order chi connectivity index (χ0) is 39.4. The van der Waals surface area contributed by atoms with Gasteiger partial charge in [-0.1, -0.05) is 131 Å². The Hall–Kier alpha value is -6.42. The smallest absolute Gasteiger partial charge is 0.137 e. The van der Waals surface area contributed by atoms with Crippen LogP contribution in [0, 0.1) is 0 Å². The zero-order valence-electron chi connectivity index (χ0n) is 33.6. The monoisotopic (exact) mass is 775 g/mol. The molecule has 10 aromatic rings. The zero-order valence-corrected chi connectivity index (χ0v) is 34.4. The van der Waals surface area contributed by atoms with Crippen LogP contribution in [0.3, 0.4) is 0 Å². The standard InChI is InChI=1S/C56H41NOS/c1-54(2)32-55(3,4)47-31-50-41(30-46(47)54)53-48(21-13-22-49(53)58-50)57(34-25-27-52-40(29-34)38-17-8-12-23-51(38)59-52)33-24-26-45-39(28-33)37-16-7-11-20-44(37)56(45)42-18-9-5-14-35(42)36-15-6-10-19-43(36)56/h5-31H,32H2,1-4H3. The Morgan fingerprint density at radius 1 is 0.441 bits per heavy atom. The van der Waals surface area contributed by atoms with E-state index < -0.39 is 5.41 Å². The molecule has 3 heteroatoms. The van der Waals surface area contributed by atoms with Crippen molar-refractivity contribution in [3.63, 3.8) is 0 Å². The normalized spacial score (nSPS) is 16.1. The second-order valence-electron chi connectivity index (χ2n) is 18.3. The van der Waals surface area contributed by atoms with E-state index in [0.717, 1.165) is 40.0 Å². The summed E-state index contributed by atoms with van der Waals surface area (Å²) in [4.78, 5) is 2.50. The molecule has 0 fully saturated rings. The minimum atomic E-state index is -0.390. The first-order chi connectivity index (χ1) is 28.7. The molecule has 2 nitrogen and oxygen atoms in total. The predicted molar refractivity (Wildman–Crippen MR) is 248 cm³/mol. The lowest BCUT2D eigenvalue weighted by molar-refractivity contribution is 0.403. The van der Waals surface area contributed by atoms with Gasteiger partial charge in [-0.3, -0.25) is 0 Å². The number of hydrogen-bond donors (Lipinski definition) is 0. The van der Waals surface area contributed by atoms with Crippen molar-refractivity contribution in [2.45, 2.75) is 50.4 Å². The minimum Gasteiger partial charge on any atom is -0.456 e. The Bertz CT molecular complexity index is 3400. The molecule has 0 N–H and O–H groups in total. The lowest BCUT2D eigenvalue weighted by Gasteiger charge is -2.31. The number of hydrogen-bond acceptors (Lipinski definition) is 3. The van der Waals surface area contributed by atoms with Gasteiger partial charge in [0.2, 0.25) is 0 Å². The predicted octanol–water partition coefficient (Wildman–Crippen LogP) is 15.7. The second kappa shape index (κ2) is 11.4. The van der Waals surface area contributed by atoms with Crippen molar-refractivity contribution in [1.29, 1.82) is 0 Å². The van der Waals surface area contributed by atoms with Gasteiger partial charge in [-0.15, -0.1) is 11.3 Å². The van der Waals surface area contributed by atoms with E-state index in [9.17, 15) is 0 Å². The Morgan fingerprint density at radius 3 is 1.75 bits per heavy atom. The number of fused-ring (bicyclic) bond motifs is 17. The van der Waals surface area contributed by atoms with E-state index in [0.29, 0.717) is 0 Å². The van der Waals surface area contributed by atoms with E-state index in [4.69, 9.17) is 4.42 Å². The number of thiophene rings is 1. The highest BCUT2D eigenvalue weighted by atomic mass is 32.1. The Balaban J connectivity index is 1.10. The molecule has 0 amide bonds. The fraction of sp³-hybridized carbons (Fsp3) is 0.143. The molecule has 1 spiro atoms. The molecule has 0 radical (unpaired) electrons. The van der Waals surface area contributed by atoms with Gasteiger partial charge in [-0.05, 0) is 134 Å². The molecule has 59 heavy (non-hydrogen) atoms. The van der Waals surface area contributed by atoms with Gasteiger partial charge >= 0.3 is 0 Å². The van der Waals surface area contributed by atoms with Crippen molar-refractivity contribution in [1.82, 2.24) is 0 Å². The average molecular weight is 776 g/mol. The summed E-state index contributed by atoms with van der Waals surface area (Å²) in [5.74, 6) is 0. The Kier molecular flexibility index (Phi) is 6.48. The van der Waals surface area contributed by atoms with Gasteiger partial charge in [0.15, 0.2) is 0 Å². The van der Waals surface area contributed by atoms with Crippen LogP contribution < -0.4 is 4.90 Å². The molecule has 8 aromatic carbocycles. The summed E-state index contributed by atoms with van der Waals surface area (Å²) in [6, 6.07) is 61.7. The van der Waals surface area contributed by atoms with Crippen molar-refractivity contribution < 1.29 is 4.42 Å². The fourth-order valence-corrected chi connectivity index (χ4v) is 13.0. The summed E-state index contributed by atoms with van der Waals surface area (Å²) in [5.41, 5.74) is 18.5. The van der Waals surface area contributed by atoms with Crippen molar-refractivity contribution in [2.75, 3.05) is 4.90 Å². The molecule has 0 unspecified atom stereocenters. The first kappa shape index (κ1) is 33.5. The first-order valence-corrected chi connectivity index (χ1v) is 21.7. The van der Waals surface area contributed by atoms with Gasteiger partial charge in [0, 0.05) is 36.9 Å². The van der Waals surface area contributed by atoms with Crippen LogP contribution in [0.1, 0.15) is 67.5 Å². The molecule has 0 atom stereocenters. The van der Waals surface area contributed by atoms with Crippen LogP contribution >= 0.6 is 11.3 Å². The number of nitrogens with zero attached hydrogens (tertiary/aromatic N) is 1. The third kappa shape index (κ3) is 4.31. The molecule has 2 aromatic heterocycles. The quantitative estimate of drug-likeness (QED) is 0.178. The highest BCUT2D eigenvalue weighted by molar-refractivity contribution is 7.25. The molecule has 0 bridgehead atoms. The minimum absolute atomic E-state index is 0.0666. The molecule has 0 saturated carbocycles. The SMILES string of the molecule is CC1(C)CC(C)(C)c2cc3c(cc21)oc1cccc(N(c2ccc4c(c2)-c2ccccc2C42c4ccccc4-c4ccccc42)c2ccc4sc5ccccc5c4c2)c13. The van der Waals surface area contributed by atoms with E-state index in [-0.39, 0.29) is 10.8 Å². The number of rotatable bonds is 3. The van der Waals surface area contributed by atoms with Crippen LogP contribution in [-0.4, -0.2) is 0 Å². The van der Waals surface area contributed by atoms with Crippen molar-refractivity contribution in [2.24, 2.45) is 0 Å². The summed E-state index contributed by atoms with van der Waals surface area (Å²) in [6.45, 7) is 9.56. The van der Waals surface area contributed by atoms with Crippen LogP contribution in [0.2, 0.25) is 0 Å². The van der Waals surface area contributed by atoms with Crippen molar-refractivity contribution in [3.05, 3.63) is 197 Å². The fourth-order valence-electron chi connectivity index (χ4n) is 12.0. The topological polar surface area (TPSA) is 16.4 Å². The van der Waals surface area contributed by atoms with Gasteiger partial charge in [-0.25, -0.2) is 0 Å². The third-order valence-corrected chi connectivity index (χ3v) is 15.2. The summed E-state index contributed by atoms with van der Waals surface area (Å²) in [6.07, 6.45) is 1.11. The Morgan fingerprint density at radius 2 is 1.02 bits per heavy atom. The second-order valence-corrected chi connectivity index (χ2v) is 19.4. The summed E-state index contributed by atoms with van der Waals surface area (Å²) in [7, 11) is 0. The maximum absolute atomic E-state index is 6.84. The van der Waals surface area contributed by atoms with Crippen molar-refractivity contribution >= 4 is 70.5 Å². The highest BCUT2D eigenvalue weighted by Crippen LogP contribution is 2.63. The van der Waals surface area contributed by atoms with E-state index >= 15 is 0 Å². The molecule has 3 aliphatic carbocycles. The summed E-state index contributed by atoms with van der Waals surface area (Å²) in [5, 5.41) is 4.91. The van der Waals surface area contributed by atoms with E-state index in [2.05, 4.69) is 196 Å². The van der Waals surface area contributed by atoms with Crippen LogP contribution in [0.4, 0.5) is 17.1 Å². The molecule has 0 aliphatic heterocycles. The van der Waals surface area contributed by atoms with Crippen LogP contribution in [0.25, 0.3) is 64.4 Å². The van der Waals surface area contributed by atoms with E-state index in [1.165, 1.54) is 81.2 Å². The van der Waals surface area contributed by atoms with E-state index in [1.807, 2.05) is 11.3 Å². The lowest BCUT2D eigenvalue weighted by atomic mass is 9.70. The van der Waals surface area contributed by atoms with Crippen LogP contribution in [-0.2, 0) is 16.2 Å². The molecule has 13 rings (SSSR count). The summed E-state index contributed by atoms with van der Waals surface area (Å²) < 4.78 is 9.45. The largest absolute Gasteiger partial charge is 0.456 e. The molecule has 282 valence electrons. The third-order valence-electron chi connectivity index (χ3n) is 14.1. The first-order valence-electron chi connectivity index (χ1n) is 20.9. The Labute approximate surface area is 348 Å². The molecular formula is C56H41NOS. The highest BCUT2D eigenvalue weighted by Gasteiger charge is 2.51. The number of furan rings is 1. The van der Waals surface area contributed by atoms with E-state index in [1.54, 1.807) is 0 Å². The van der Waals surface area contributed by atoms with Crippen molar-refractivity contribution in [3.8, 4) is 22.3 Å². The van der Waals surface area contributed by atoms with Gasteiger partial charge in [0.1, 0.15) is 11.2 Å². The maximum Gasteiger partial charge on any atom is 0.137 e. The number of anilines is 3. The molecule has 2 heterocycles. The average Bonchev–Trinajstić information content (AvgIpc) is 4.01.